The fourth-order valence-electron chi connectivity index (χ4n) is 2.49. The van der Waals surface area contributed by atoms with Gasteiger partial charge in [-0.25, -0.2) is 0 Å². The minimum absolute atomic E-state index is 0.151. The number of aromatic nitrogens is 1. The molecule has 0 N–H and O–H groups in total. The smallest absolute Gasteiger partial charge is 0.319 e. The Morgan fingerprint density at radius 1 is 1.30 bits per heavy atom. The van der Waals surface area contributed by atoms with Crippen LogP contribution in [-0.4, -0.2) is 60.6 Å². The third-order valence-electron chi connectivity index (χ3n) is 3.80. The molecule has 1 saturated heterocycles. The van der Waals surface area contributed by atoms with Gasteiger partial charge in [0.1, 0.15) is 0 Å². The topological polar surface area (TPSA) is 45.7 Å². The van der Waals surface area contributed by atoms with E-state index in [-0.39, 0.29) is 5.97 Å². The van der Waals surface area contributed by atoms with Crippen molar-refractivity contribution in [3.63, 3.8) is 0 Å². The zero-order valence-corrected chi connectivity index (χ0v) is 12.3. The lowest BCUT2D eigenvalue weighted by molar-refractivity contribution is -0.141. The van der Waals surface area contributed by atoms with Gasteiger partial charge in [0.25, 0.3) is 0 Å². The molecule has 0 spiro atoms. The Morgan fingerprint density at radius 2 is 2.05 bits per heavy atom. The molecule has 1 aliphatic heterocycles. The number of aryl methyl sites for hydroxylation is 1. The Bertz CT molecular complexity index is 450. The molecule has 5 heteroatoms. The third kappa shape index (κ3) is 4.28. The molecule has 0 bridgehead atoms. The molecule has 110 valence electrons. The number of hydrogen-bond acceptors (Lipinski definition) is 5. The van der Waals surface area contributed by atoms with Crippen LogP contribution >= 0.6 is 0 Å². The summed E-state index contributed by atoms with van der Waals surface area (Å²) >= 11 is 0. The molecule has 1 aliphatic rings. The fraction of sp³-hybridized carbons (Fsp3) is 0.600. The molecule has 0 atom stereocenters. The fourth-order valence-corrected chi connectivity index (χ4v) is 2.49. The van der Waals surface area contributed by atoms with Crippen molar-refractivity contribution in [2.75, 3.05) is 39.8 Å². The van der Waals surface area contributed by atoms with Crippen molar-refractivity contribution in [1.29, 1.82) is 0 Å². The lowest BCUT2D eigenvalue weighted by atomic mass is 10.1. The minimum Gasteiger partial charge on any atom is -0.468 e. The molecule has 0 amide bonds. The number of hydrogen-bond donors (Lipinski definition) is 0. The SMILES string of the molecule is COC(=O)CN1CCCN(Cc2cnccc2C)CC1. The maximum Gasteiger partial charge on any atom is 0.319 e. The summed E-state index contributed by atoms with van der Waals surface area (Å²) < 4.78 is 4.73. The lowest BCUT2D eigenvalue weighted by Crippen LogP contribution is -2.34. The van der Waals surface area contributed by atoms with E-state index in [1.54, 1.807) is 0 Å². The maximum atomic E-state index is 11.3. The van der Waals surface area contributed by atoms with Crippen molar-refractivity contribution >= 4 is 5.97 Å². The van der Waals surface area contributed by atoms with Crippen molar-refractivity contribution in [1.82, 2.24) is 14.8 Å². The molecule has 20 heavy (non-hydrogen) atoms. The third-order valence-corrected chi connectivity index (χ3v) is 3.80. The van der Waals surface area contributed by atoms with E-state index in [1.165, 1.54) is 18.2 Å². The van der Waals surface area contributed by atoms with E-state index < -0.39 is 0 Å². The van der Waals surface area contributed by atoms with E-state index >= 15 is 0 Å². The Labute approximate surface area is 120 Å². The van der Waals surface area contributed by atoms with E-state index in [2.05, 4.69) is 27.8 Å². The van der Waals surface area contributed by atoms with Gasteiger partial charge in [0.15, 0.2) is 0 Å². The zero-order chi connectivity index (χ0) is 14.4. The molecule has 1 fully saturated rings. The summed E-state index contributed by atoms with van der Waals surface area (Å²) in [6.45, 7) is 7.36. The van der Waals surface area contributed by atoms with Gasteiger partial charge in [-0.15, -0.1) is 0 Å². The number of rotatable bonds is 4. The number of nitrogens with zero attached hydrogens (tertiary/aromatic N) is 3. The van der Waals surface area contributed by atoms with E-state index in [4.69, 9.17) is 4.74 Å². The first kappa shape index (κ1) is 14.9. The van der Waals surface area contributed by atoms with Crippen LogP contribution in [0.1, 0.15) is 17.5 Å². The molecular formula is C15H23N3O2. The highest BCUT2D eigenvalue weighted by molar-refractivity contribution is 5.71. The van der Waals surface area contributed by atoms with Gasteiger partial charge >= 0.3 is 5.97 Å². The van der Waals surface area contributed by atoms with Gasteiger partial charge in [-0.1, -0.05) is 0 Å². The summed E-state index contributed by atoms with van der Waals surface area (Å²) in [6.07, 6.45) is 4.86. The maximum absolute atomic E-state index is 11.3. The Balaban J connectivity index is 1.87. The summed E-state index contributed by atoms with van der Waals surface area (Å²) in [5, 5.41) is 0. The van der Waals surface area contributed by atoms with Crippen LogP contribution in [0.4, 0.5) is 0 Å². The number of methoxy groups -OCH3 is 1. The molecule has 0 saturated carbocycles. The second-order valence-corrected chi connectivity index (χ2v) is 5.28. The highest BCUT2D eigenvalue weighted by Gasteiger charge is 2.17. The van der Waals surface area contributed by atoms with Crippen molar-refractivity contribution in [2.45, 2.75) is 19.9 Å². The van der Waals surface area contributed by atoms with Gasteiger partial charge in [0.2, 0.25) is 0 Å². The summed E-state index contributed by atoms with van der Waals surface area (Å²) in [7, 11) is 1.44. The molecular weight excluding hydrogens is 254 g/mol. The van der Waals surface area contributed by atoms with Crippen molar-refractivity contribution in [3.8, 4) is 0 Å². The number of esters is 1. The van der Waals surface area contributed by atoms with Gasteiger partial charge in [-0.3, -0.25) is 19.6 Å². The van der Waals surface area contributed by atoms with E-state index in [0.717, 1.165) is 39.1 Å². The minimum atomic E-state index is -0.151. The summed E-state index contributed by atoms with van der Waals surface area (Å²) in [4.78, 5) is 20.1. The first-order valence-electron chi connectivity index (χ1n) is 7.10. The van der Waals surface area contributed by atoms with Crippen molar-refractivity contribution < 1.29 is 9.53 Å². The zero-order valence-electron chi connectivity index (χ0n) is 12.3. The predicted molar refractivity (Wildman–Crippen MR) is 77.3 cm³/mol. The molecule has 1 aromatic heterocycles. The predicted octanol–water partition coefficient (Wildman–Crippen LogP) is 1.07. The molecule has 0 aliphatic carbocycles. The number of pyridine rings is 1. The van der Waals surface area contributed by atoms with Crippen LogP contribution < -0.4 is 0 Å². The molecule has 0 unspecified atom stereocenters. The summed E-state index contributed by atoms with van der Waals surface area (Å²) in [5.74, 6) is -0.151. The largest absolute Gasteiger partial charge is 0.468 e. The Kier molecular flexibility index (Phi) is 5.49. The van der Waals surface area contributed by atoms with Crippen LogP contribution in [0, 0.1) is 6.92 Å². The first-order chi connectivity index (χ1) is 9.69. The number of carbonyl (C=O) groups excluding carboxylic acids is 1. The standard InChI is InChI=1S/C15H23N3O2/c1-13-4-5-16-10-14(13)11-17-6-3-7-18(9-8-17)12-15(19)20-2/h4-5,10H,3,6-9,11-12H2,1-2H3. The van der Waals surface area contributed by atoms with Crippen LogP contribution in [0.2, 0.25) is 0 Å². The van der Waals surface area contributed by atoms with Crippen LogP contribution in [0.3, 0.4) is 0 Å². The molecule has 2 heterocycles. The van der Waals surface area contributed by atoms with E-state index in [0.29, 0.717) is 6.54 Å². The average Bonchev–Trinajstić information content (AvgIpc) is 2.67. The Hall–Kier alpha value is -1.46. The Morgan fingerprint density at radius 3 is 2.80 bits per heavy atom. The molecule has 0 radical (unpaired) electrons. The van der Waals surface area contributed by atoms with Gasteiger partial charge in [-0.2, -0.15) is 0 Å². The van der Waals surface area contributed by atoms with Gasteiger partial charge in [0, 0.05) is 38.6 Å². The second kappa shape index (κ2) is 7.36. The quantitative estimate of drug-likeness (QED) is 0.770. The summed E-state index contributed by atoms with van der Waals surface area (Å²) in [6, 6.07) is 2.05. The normalized spacial score (nSPS) is 17.7. The first-order valence-corrected chi connectivity index (χ1v) is 7.10. The van der Waals surface area contributed by atoms with Crippen molar-refractivity contribution in [3.05, 3.63) is 29.6 Å². The van der Waals surface area contributed by atoms with Gasteiger partial charge in [-0.05, 0) is 37.1 Å². The molecule has 2 rings (SSSR count). The van der Waals surface area contributed by atoms with E-state index in [1.807, 2.05) is 12.4 Å². The number of ether oxygens (including phenoxy) is 1. The van der Waals surface area contributed by atoms with Crippen LogP contribution in [-0.2, 0) is 16.1 Å². The van der Waals surface area contributed by atoms with Crippen molar-refractivity contribution in [2.24, 2.45) is 0 Å². The van der Waals surface area contributed by atoms with Gasteiger partial charge in [0.05, 0.1) is 13.7 Å². The highest BCUT2D eigenvalue weighted by Crippen LogP contribution is 2.11. The van der Waals surface area contributed by atoms with E-state index in [9.17, 15) is 4.79 Å². The van der Waals surface area contributed by atoms with Crippen LogP contribution in [0.15, 0.2) is 18.5 Å². The highest BCUT2D eigenvalue weighted by atomic mass is 16.5. The lowest BCUT2D eigenvalue weighted by Gasteiger charge is -2.21. The van der Waals surface area contributed by atoms with Crippen LogP contribution in [0.5, 0.6) is 0 Å². The molecule has 0 aromatic carbocycles. The summed E-state index contributed by atoms with van der Waals surface area (Å²) in [5.41, 5.74) is 2.57. The monoisotopic (exact) mass is 277 g/mol. The second-order valence-electron chi connectivity index (χ2n) is 5.28. The molecule has 5 nitrogen and oxygen atoms in total. The average molecular weight is 277 g/mol. The van der Waals surface area contributed by atoms with Gasteiger partial charge < -0.3 is 4.74 Å². The van der Waals surface area contributed by atoms with Crippen LogP contribution in [0.25, 0.3) is 0 Å². The molecule has 1 aromatic rings. The number of carbonyl (C=O) groups is 1.